The zero-order valence-electron chi connectivity index (χ0n) is 9.43. The molecular weight excluding hydrogens is 206 g/mol. The second-order valence-electron chi connectivity index (χ2n) is 4.16. The third-order valence-corrected chi connectivity index (χ3v) is 2.69. The number of phenols is 1. The molecule has 0 saturated carbocycles. The molecule has 1 heterocycles. The number of hydrogen-bond acceptors (Lipinski definition) is 3. The van der Waals surface area contributed by atoms with Crippen molar-refractivity contribution in [2.75, 3.05) is 13.6 Å². The minimum atomic E-state index is -0.411. The molecule has 2 rings (SSSR count). The van der Waals surface area contributed by atoms with Gasteiger partial charge >= 0.3 is 0 Å². The van der Waals surface area contributed by atoms with Gasteiger partial charge in [0.15, 0.2) is 6.10 Å². The topological polar surface area (TPSA) is 49.8 Å². The molecule has 1 amide bonds. The van der Waals surface area contributed by atoms with Crippen molar-refractivity contribution in [3.05, 3.63) is 23.8 Å². The van der Waals surface area contributed by atoms with Crippen LogP contribution in [0.25, 0.3) is 0 Å². The smallest absolute Gasteiger partial charge is 0.263 e. The SMILES string of the molecule is Cc1cc(O)cc(OC2CCN(C)C2=O)c1. The maximum atomic E-state index is 11.6. The Kier molecular flexibility index (Phi) is 2.73. The highest BCUT2D eigenvalue weighted by molar-refractivity contribution is 5.83. The zero-order valence-corrected chi connectivity index (χ0v) is 9.43. The Labute approximate surface area is 94.4 Å². The lowest BCUT2D eigenvalue weighted by atomic mass is 10.2. The summed E-state index contributed by atoms with van der Waals surface area (Å²) in [5.74, 6) is 0.709. The summed E-state index contributed by atoms with van der Waals surface area (Å²) in [7, 11) is 1.76. The molecule has 0 spiro atoms. The van der Waals surface area contributed by atoms with Gasteiger partial charge < -0.3 is 14.7 Å². The molecule has 16 heavy (non-hydrogen) atoms. The number of carbonyl (C=O) groups excluding carboxylic acids is 1. The van der Waals surface area contributed by atoms with Crippen molar-refractivity contribution in [3.63, 3.8) is 0 Å². The van der Waals surface area contributed by atoms with Crippen molar-refractivity contribution >= 4 is 5.91 Å². The summed E-state index contributed by atoms with van der Waals surface area (Å²) in [6.07, 6.45) is 0.288. The van der Waals surface area contributed by atoms with Crippen LogP contribution in [0.1, 0.15) is 12.0 Å². The Morgan fingerprint density at radius 2 is 2.19 bits per heavy atom. The van der Waals surface area contributed by atoms with Crippen LogP contribution in [0.5, 0.6) is 11.5 Å². The van der Waals surface area contributed by atoms with Crippen LogP contribution in [-0.4, -0.2) is 35.6 Å². The van der Waals surface area contributed by atoms with Crippen LogP contribution in [-0.2, 0) is 4.79 Å². The molecule has 1 N–H and O–H groups in total. The van der Waals surface area contributed by atoms with Crippen molar-refractivity contribution in [2.45, 2.75) is 19.4 Å². The van der Waals surface area contributed by atoms with Gasteiger partial charge in [-0.15, -0.1) is 0 Å². The average molecular weight is 221 g/mol. The first-order valence-corrected chi connectivity index (χ1v) is 5.28. The van der Waals surface area contributed by atoms with Gasteiger partial charge in [-0.3, -0.25) is 4.79 Å². The third-order valence-electron chi connectivity index (χ3n) is 2.69. The summed E-state index contributed by atoms with van der Waals surface area (Å²) in [5, 5.41) is 9.41. The van der Waals surface area contributed by atoms with E-state index in [0.29, 0.717) is 12.2 Å². The standard InChI is InChI=1S/C12H15NO3/c1-8-5-9(14)7-10(6-8)16-11-3-4-13(2)12(11)15/h5-7,11,14H,3-4H2,1-2H3. The third kappa shape index (κ3) is 2.10. The second-order valence-corrected chi connectivity index (χ2v) is 4.16. The summed E-state index contributed by atoms with van der Waals surface area (Å²) in [6.45, 7) is 2.59. The molecule has 1 atom stereocenters. The van der Waals surface area contributed by atoms with Gasteiger partial charge in [0.05, 0.1) is 0 Å². The average Bonchev–Trinajstić information content (AvgIpc) is 2.48. The second kappa shape index (κ2) is 4.04. The van der Waals surface area contributed by atoms with Crippen molar-refractivity contribution in [3.8, 4) is 11.5 Å². The van der Waals surface area contributed by atoms with E-state index in [9.17, 15) is 9.90 Å². The molecular formula is C12H15NO3. The molecule has 0 bridgehead atoms. The van der Waals surface area contributed by atoms with E-state index in [1.807, 2.05) is 13.0 Å². The van der Waals surface area contributed by atoms with Crippen LogP contribution in [0, 0.1) is 6.92 Å². The largest absolute Gasteiger partial charge is 0.508 e. The summed E-state index contributed by atoms with van der Waals surface area (Å²) in [5.41, 5.74) is 0.911. The van der Waals surface area contributed by atoms with E-state index >= 15 is 0 Å². The number of aromatic hydroxyl groups is 1. The van der Waals surface area contributed by atoms with Crippen LogP contribution < -0.4 is 4.74 Å². The number of amides is 1. The van der Waals surface area contributed by atoms with E-state index in [1.54, 1.807) is 18.0 Å². The minimum absolute atomic E-state index is 0.000922. The van der Waals surface area contributed by atoms with Gasteiger partial charge in [0.2, 0.25) is 0 Å². The molecule has 0 aliphatic carbocycles. The first-order valence-electron chi connectivity index (χ1n) is 5.28. The quantitative estimate of drug-likeness (QED) is 0.819. The number of phenolic OH excluding ortho intramolecular Hbond substituents is 1. The van der Waals surface area contributed by atoms with E-state index in [1.165, 1.54) is 6.07 Å². The first kappa shape index (κ1) is 10.8. The monoisotopic (exact) mass is 221 g/mol. The Morgan fingerprint density at radius 1 is 1.44 bits per heavy atom. The van der Waals surface area contributed by atoms with Crippen molar-refractivity contribution < 1.29 is 14.6 Å². The Morgan fingerprint density at radius 3 is 2.75 bits per heavy atom. The van der Waals surface area contributed by atoms with Gasteiger partial charge in [0.25, 0.3) is 5.91 Å². The number of likely N-dealkylation sites (N-methyl/N-ethyl adjacent to an activating group) is 1. The lowest BCUT2D eigenvalue weighted by Crippen LogP contribution is -2.29. The predicted octanol–water partition coefficient (Wildman–Crippen LogP) is 1.31. The van der Waals surface area contributed by atoms with E-state index in [-0.39, 0.29) is 11.7 Å². The summed E-state index contributed by atoms with van der Waals surface area (Å²) in [6, 6.07) is 4.99. The van der Waals surface area contributed by atoms with Gasteiger partial charge in [-0.25, -0.2) is 0 Å². The molecule has 86 valence electrons. The lowest BCUT2D eigenvalue weighted by molar-refractivity contribution is -0.132. The fourth-order valence-electron chi connectivity index (χ4n) is 1.86. The molecule has 0 aromatic heterocycles. The zero-order chi connectivity index (χ0) is 11.7. The number of rotatable bonds is 2. The van der Waals surface area contributed by atoms with Gasteiger partial charge in [-0.2, -0.15) is 0 Å². The fraction of sp³-hybridized carbons (Fsp3) is 0.417. The highest BCUT2D eigenvalue weighted by atomic mass is 16.5. The molecule has 4 nitrogen and oxygen atoms in total. The summed E-state index contributed by atoms with van der Waals surface area (Å²) < 4.78 is 5.57. The molecule has 4 heteroatoms. The predicted molar refractivity (Wildman–Crippen MR) is 59.5 cm³/mol. The van der Waals surface area contributed by atoms with Crippen LogP contribution in [0.2, 0.25) is 0 Å². The van der Waals surface area contributed by atoms with Crippen LogP contribution in [0.15, 0.2) is 18.2 Å². The minimum Gasteiger partial charge on any atom is -0.508 e. The van der Waals surface area contributed by atoms with Crippen molar-refractivity contribution in [2.24, 2.45) is 0 Å². The number of carbonyl (C=O) groups is 1. The van der Waals surface area contributed by atoms with E-state index in [2.05, 4.69) is 0 Å². The van der Waals surface area contributed by atoms with Crippen molar-refractivity contribution in [1.29, 1.82) is 0 Å². The molecule has 1 aromatic rings. The number of hydrogen-bond donors (Lipinski definition) is 1. The maximum Gasteiger partial charge on any atom is 0.263 e. The Balaban J connectivity index is 2.12. The first-order chi connectivity index (χ1) is 7.56. The van der Waals surface area contributed by atoms with E-state index in [4.69, 9.17) is 4.74 Å². The van der Waals surface area contributed by atoms with E-state index < -0.39 is 6.10 Å². The van der Waals surface area contributed by atoms with Crippen LogP contribution >= 0.6 is 0 Å². The summed E-state index contributed by atoms with van der Waals surface area (Å²) >= 11 is 0. The Hall–Kier alpha value is -1.71. The number of ether oxygens (including phenoxy) is 1. The lowest BCUT2D eigenvalue weighted by Gasteiger charge is -2.13. The van der Waals surface area contributed by atoms with Crippen molar-refractivity contribution in [1.82, 2.24) is 4.90 Å². The number of aryl methyl sites for hydroxylation is 1. The molecule has 1 fully saturated rings. The summed E-state index contributed by atoms with van der Waals surface area (Å²) in [4.78, 5) is 13.3. The van der Waals surface area contributed by atoms with Gasteiger partial charge in [-0.05, 0) is 24.6 Å². The number of likely N-dealkylation sites (tertiary alicyclic amines) is 1. The molecule has 0 radical (unpaired) electrons. The highest BCUT2D eigenvalue weighted by Crippen LogP contribution is 2.24. The van der Waals surface area contributed by atoms with E-state index in [0.717, 1.165) is 12.1 Å². The highest BCUT2D eigenvalue weighted by Gasteiger charge is 2.30. The number of nitrogens with zero attached hydrogens (tertiary/aromatic N) is 1. The van der Waals surface area contributed by atoms with Gasteiger partial charge in [-0.1, -0.05) is 0 Å². The molecule has 1 saturated heterocycles. The van der Waals surface area contributed by atoms with Gasteiger partial charge in [0.1, 0.15) is 11.5 Å². The van der Waals surface area contributed by atoms with Crippen LogP contribution in [0.4, 0.5) is 0 Å². The molecule has 1 aliphatic heterocycles. The molecule has 1 unspecified atom stereocenters. The molecule has 1 aliphatic rings. The van der Waals surface area contributed by atoms with Crippen LogP contribution in [0.3, 0.4) is 0 Å². The molecule has 1 aromatic carbocycles. The van der Waals surface area contributed by atoms with Gasteiger partial charge in [0, 0.05) is 26.1 Å². The maximum absolute atomic E-state index is 11.6. The fourth-order valence-corrected chi connectivity index (χ4v) is 1.86. The Bertz CT molecular complexity index is 396. The normalized spacial score (nSPS) is 20.2. The number of benzene rings is 1.